The van der Waals surface area contributed by atoms with Crippen molar-refractivity contribution in [1.82, 2.24) is 10.2 Å². The molecule has 0 aliphatic heterocycles. The van der Waals surface area contributed by atoms with Crippen LogP contribution in [0, 0.1) is 6.92 Å². The lowest BCUT2D eigenvalue weighted by molar-refractivity contribution is -0.141. The van der Waals surface area contributed by atoms with E-state index in [0.717, 1.165) is 11.3 Å². The Bertz CT molecular complexity index is 492. The van der Waals surface area contributed by atoms with Crippen molar-refractivity contribution in [3.63, 3.8) is 0 Å². The third kappa shape index (κ3) is 6.34. The maximum atomic E-state index is 12.1. The van der Waals surface area contributed by atoms with Crippen LogP contribution in [0.25, 0.3) is 0 Å². The Hall–Kier alpha value is -1.76. The number of ether oxygens (including phenoxy) is 1. The molecule has 0 radical (unpaired) electrons. The third-order valence-electron chi connectivity index (χ3n) is 3.30. The first-order valence-electron chi connectivity index (χ1n) is 6.94. The summed E-state index contributed by atoms with van der Waals surface area (Å²) >= 11 is 0. The average molecular weight is 318 g/mol. The number of aryl methyl sites for hydroxylation is 1. The number of benzene rings is 1. The van der Waals surface area contributed by atoms with Crippen molar-refractivity contribution >= 4 is 5.91 Å². The molecule has 0 spiro atoms. The fourth-order valence-corrected chi connectivity index (χ4v) is 1.75. The number of para-hydroxylation sites is 1. The third-order valence-corrected chi connectivity index (χ3v) is 3.30. The van der Waals surface area contributed by atoms with Crippen LogP contribution in [0.4, 0.5) is 13.2 Å². The molecule has 1 rings (SSSR count). The van der Waals surface area contributed by atoms with E-state index >= 15 is 0 Å². The van der Waals surface area contributed by atoms with Crippen molar-refractivity contribution in [2.45, 2.75) is 26.1 Å². The highest BCUT2D eigenvalue weighted by Gasteiger charge is 2.29. The second kappa shape index (κ2) is 8.03. The number of alkyl halides is 3. The van der Waals surface area contributed by atoms with Gasteiger partial charge in [0, 0.05) is 6.54 Å². The predicted molar refractivity (Wildman–Crippen MR) is 77.8 cm³/mol. The molecule has 0 heterocycles. The highest BCUT2D eigenvalue weighted by molar-refractivity contribution is 5.81. The van der Waals surface area contributed by atoms with Crippen LogP contribution in [0.2, 0.25) is 0 Å². The minimum absolute atomic E-state index is 0.345. The van der Waals surface area contributed by atoms with Gasteiger partial charge >= 0.3 is 6.18 Å². The van der Waals surface area contributed by atoms with E-state index in [9.17, 15) is 18.0 Å². The molecule has 0 aromatic heterocycles. The van der Waals surface area contributed by atoms with E-state index in [0.29, 0.717) is 13.2 Å². The minimum Gasteiger partial charge on any atom is -0.492 e. The summed E-state index contributed by atoms with van der Waals surface area (Å²) in [5, 5.41) is 1.87. The second-order valence-electron chi connectivity index (χ2n) is 5.10. The first kappa shape index (κ1) is 18.3. The summed E-state index contributed by atoms with van der Waals surface area (Å²) in [6.45, 7) is 2.93. The van der Waals surface area contributed by atoms with E-state index in [1.807, 2.05) is 36.5 Å². The minimum atomic E-state index is -4.40. The molecule has 0 aliphatic carbocycles. The van der Waals surface area contributed by atoms with Gasteiger partial charge in [-0.3, -0.25) is 9.69 Å². The van der Waals surface area contributed by atoms with Crippen molar-refractivity contribution in [2.24, 2.45) is 0 Å². The molecule has 1 atom stereocenters. The van der Waals surface area contributed by atoms with Crippen molar-refractivity contribution in [1.29, 1.82) is 0 Å². The van der Waals surface area contributed by atoms with Crippen LogP contribution in [-0.2, 0) is 4.79 Å². The van der Waals surface area contributed by atoms with E-state index in [1.54, 1.807) is 18.9 Å². The summed E-state index contributed by atoms with van der Waals surface area (Å²) in [4.78, 5) is 13.3. The van der Waals surface area contributed by atoms with Crippen molar-refractivity contribution < 1.29 is 22.7 Å². The van der Waals surface area contributed by atoms with Gasteiger partial charge in [0.05, 0.1) is 6.04 Å². The number of carbonyl (C=O) groups is 1. The van der Waals surface area contributed by atoms with E-state index in [2.05, 4.69) is 0 Å². The number of hydrogen-bond donors (Lipinski definition) is 1. The van der Waals surface area contributed by atoms with Crippen LogP contribution in [0.3, 0.4) is 0 Å². The predicted octanol–water partition coefficient (Wildman–Crippen LogP) is 2.37. The van der Waals surface area contributed by atoms with Gasteiger partial charge in [0.15, 0.2) is 0 Å². The number of rotatable bonds is 7. The largest absolute Gasteiger partial charge is 0.492 e. The molecule has 0 bridgehead atoms. The highest BCUT2D eigenvalue weighted by Crippen LogP contribution is 2.16. The van der Waals surface area contributed by atoms with Crippen LogP contribution >= 0.6 is 0 Å². The van der Waals surface area contributed by atoms with Crippen molar-refractivity contribution in [3.05, 3.63) is 29.8 Å². The van der Waals surface area contributed by atoms with E-state index < -0.39 is 24.7 Å². The lowest BCUT2D eigenvalue weighted by Gasteiger charge is -2.24. The van der Waals surface area contributed by atoms with Crippen LogP contribution < -0.4 is 10.1 Å². The van der Waals surface area contributed by atoms with Gasteiger partial charge in [0.25, 0.3) is 0 Å². The first-order valence-corrected chi connectivity index (χ1v) is 6.94. The molecule has 1 amide bonds. The molecule has 1 unspecified atom stereocenters. The molecule has 124 valence electrons. The van der Waals surface area contributed by atoms with Crippen LogP contribution in [0.1, 0.15) is 12.5 Å². The summed E-state index contributed by atoms with van der Waals surface area (Å²) < 4.78 is 41.8. The zero-order valence-corrected chi connectivity index (χ0v) is 12.9. The van der Waals surface area contributed by atoms with Gasteiger partial charge in [-0.05, 0) is 32.5 Å². The summed E-state index contributed by atoms with van der Waals surface area (Å²) in [6.07, 6.45) is -4.40. The van der Waals surface area contributed by atoms with Crippen molar-refractivity contribution in [3.8, 4) is 5.75 Å². The number of nitrogens with one attached hydrogen (secondary N) is 1. The number of amides is 1. The summed E-state index contributed by atoms with van der Waals surface area (Å²) in [5.74, 6) is 0.0980. The Kier molecular flexibility index (Phi) is 6.67. The molecule has 0 aliphatic rings. The smallest absolute Gasteiger partial charge is 0.405 e. The SMILES string of the molecule is Cc1ccccc1OCCN(C)C(C)C(=O)NCC(F)(F)F. The fourth-order valence-electron chi connectivity index (χ4n) is 1.75. The van der Waals surface area contributed by atoms with Gasteiger partial charge in [0.1, 0.15) is 18.9 Å². The molecular formula is C15H21F3N2O2. The standard InChI is InChI=1S/C15H21F3N2O2/c1-11-6-4-5-7-13(11)22-9-8-20(3)12(2)14(21)19-10-15(16,17)18/h4-7,12H,8-10H2,1-3H3,(H,19,21). The molecule has 1 aromatic carbocycles. The van der Waals surface area contributed by atoms with Gasteiger partial charge < -0.3 is 10.1 Å². The lowest BCUT2D eigenvalue weighted by atomic mass is 10.2. The van der Waals surface area contributed by atoms with Gasteiger partial charge in [-0.1, -0.05) is 18.2 Å². The molecule has 22 heavy (non-hydrogen) atoms. The molecule has 0 saturated heterocycles. The molecule has 0 saturated carbocycles. The monoisotopic (exact) mass is 318 g/mol. The van der Waals surface area contributed by atoms with Crippen LogP contribution in [0.15, 0.2) is 24.3 Å². The highest BCUT2D eigenvalue weighted by atomic mass is 19.4. The van der Waals surface area contributed by atoms with Gasteiger partial charge in [0.2, 0.25) is 5.91 Å². The number of halogens is 3. The molecule has 0 fully saturated rings. The first-order chi connectivity index (χ1) is 10.2. The summed E-state index contributed by atoms with van der Waals surface area (Å²) in [7, 11) is 1.67. The Morgan fingerprint density at radius 3 is 2.59 bits per heavy atom. The Labute approximate surface area is 128 Å². The summed E-state index contributed by atoms with van der Waals surface area (Å²) in [6, 6.07) is 6.87. The number of nitrogens with zero attached hydrogens (tertiary/aromatic N) is 1. The van der Waals surface area contributed by atoms with E-state index in [4.69, 9.17) is 4.74 Å². The van der Waals surface area contributed by atoms with E-state index in [-0.39, 0.29) is 0 Å². The van der Waals surface area contributed by atoms with Gasteiger partial charge in [-0.2, -0.15) is 13.2 Å². The van der Waals surface area contributed by atoms with E-state index in [1.165, 1.54) is 0 Å². The van der Waals surface area contributed by atoms with Gasteiger partial charge in [-0.25, -0.2) is 0 Å². The molecule has 7 heteroatoms. The van der Waals surface area contributed by atoms with Crippen LogP contribution in [0.5, 0.6) is 5.75 Å². The number of likely N-dealkylation sites (N-methyl/N-ethyl adjacent to an activating group) is 1. The lowest BCUT2D eigenvalue weighted by Crippen LogP contribution is -2.46. The quantitative estimate of drug-likeness (QED) is 0.839. The fraction of sp³-hybridized carbons (Fsp3) is 0.533. The maximum Gasteiger partial charge on any atom is 0.405 e. The summed E-state index contributed by atoms with van der Waals surface area (Å²) in [5.41, 5.74) is 1.00. The molecule has 4 nitrogen and oxygen atoms in total. The zero-order valence-electron chi connectivity index (χ0n) is 12.9. The number of carbonyl (C=O) groups excluding carboxylic acids is 1. The number of hydrogen-bond acceptors (Lipinski definition) is 3. The Morgan fingerprint density at radius 2 is 2.00 bits per heavy atom. The topological polar surface area (TPSA) is 41.6 Å². The molecular weight excluding hydrogens is 297 g/mol. The van der Waals surface area contributed by atoms with Crippen LogP contribution in [-0.4, -0.2) is 49.8 Å². The zero-order chi connectivity index (χ0) is 16.8. The molecule has 1 aromatic rings. The normalized spacial score (nSPS) is 13.0. The van der Waals surface area contributed by atoms with Crippen molar-refractivity contribution in [2.75, 3.05) is 26.7 Å². The maximum absolute atomic E-state index is 12.1. The molecule has 1 N–H and O–H groups in total. The average Bonchev–Trinajstić information content (AvgIpc) is 2.45. The second-order valence-corrected chi connectivity index (χ2v) is 5.10. The Morgan fingerprint density at radius 1 is 1.36 bits per heavy atom. The Balaban J connectivity index is 2.36. The van der Waals surface area contributed by atoms with Gasteiger partial charge in [-0.15, -0.1) is 0 Å².